The summed E-state index contributed by atoms with van der Waals surface area (Å²) in [6.07, 6.45) is 2.32. The molecule has 270 valence electrons. The van der Waals surface area contributed by atoms with Crippen molar-refractivity contribution in [3.8, 4) is 0 Å². The van der Waals surface area contributed by atoms with Crippen molar-refractivity contribution in [3.63, 3.8) is 0 Å². The van der Waals surface area contributed by atoms with E-state index < -0.39 is 81.3 Å². The van der Waals surface area contributed by atoms with Gasteiger partial charge in [0.25, 0.3) is 0 Å². The van der Waals surface area contributed by atoms with Gasteiger partial charge in [-0.2, -0.15) is 0 Å². The Morgan fingerprint density at radius 2 is 1.62 bits per heavy atom. The van der Waals surface area contributed by atoms with E-state index in [1.54, 1.807) is 20.8 Å². The highest BCUT2D eigenvalue weighted by molar-refractivity contribution is 6.01. The van der Waals surface area contributed by atoms with E-state index >= 15 is 4.39 Å². The van der Waals surface area contributed by atoms with Crippen LogP contribution in [-0.4, -0.2) is 104 Å². The maximum absolute atomic E-state index is 17.6. The number of esters is 1. The second kappa shape index (κ2) is 14.9. The summed E-state index contributed by atoms with van der Waals surface area (Å²) in [5.74, 6) is -3.92. The first-order valence-electron chi connectivity index (χ1n) is 16.0. The molecule has 0 aromatic heterocycles. The van der Waals surface area contributed by atoms with Gasteiger partial charge in [0.05, 0.1) is 36.7 Å². The first kappa shape index (κ1) is 37.9. The van der Waals surface area contributed by atoms with E-state index in [9.17, 15) is 24.3 Å². The lowest BCUT2D eigenvalue weighted by Crippen LogP contribution is -2.70. The molecule has 48 heavy (non-hydrogen) atoms. The van der Waals surface area contributed by atoms with Crippen LogP contribution in [0.3, 0.4) is 0 Å². The maximum atomic E-state index is 17.6. The molecule has 3 saturated carbocycles. The van der Waals surface area contributed by atoms with Crippen molar-refractivity contribution in [2.24, 2.45) is 28.6 Å². The number of unbranched alkanes of at least 4 members (excludes halogenated alkanes) is 1. The Bertz CT molecular complexity index is 1290. The minimum Gasteiger partial charge on any atom is -0.450 e. The quantitative estimate of drug-likeness (QED) is 0.0947. The van der Waals surface area contributed by atoms with Crippen molar-refractivity contribution in [1.29, 1.82) is 0 Å². The van der Waals surface area contributed by atoms with Crippen molar-refractivity contribution >= 4 is 23.7 Å². The average molecular weight is 689 g/mol. The van der Waals surface area contributed by atoms with Gasteiger partial charge in [0.15, 0.2) is 23.7 Å². The van der Waals surface area contributed by atoms with Crippen LogP contribution in [0.1, 0.15) is 72.1 Å². The van der Waals surface area contributed by atoms with Gasteiger partial charge in [-0.05, 0) is 69.9 Å². The molecule has 17 heteroatoms. The van der Waals surface area contributed by atoms with Crippen molar-refractivity contribution in [2.75, 3.05) is 26.4 Å². The number of nitrogens with zero attached hydrogens (tertiary/aromatic N) is 2. The molecule has 0 heterocycles. The van der Waals surface area contributed by atoms with E-state index in [0.717, 1.165) is 0 Å². The number of fused-ring (bicyclic) bond motifs is 5. The molecule has 0 aliphatic heterocycles. The molecule has 4 aliphatic rings. The van der Waals surface area contributed by atoms with Gasteiger partial charge in [0, 0.05) is 29.1 Å². The minimum atomic E-state index is -2.20. The van der Waals surface area contributed by atoms with Gasteiger partial charge in [0.2, 0.25) is 5.78 Å². The molecule has 0 aromatic carbocycles. The number of ketones is 2. The van der Waals surface area contributed by atoms with Gasteiger partial charge in [-0.3, -0.25) is 44.9 Å². The SMILES string of the molecule is C[C@H]1CC2C3CCC4=CC(=O)C=C[C@]4(C)[C@@]3(F)[C@@H](O)C[C@]2(C)[C@@]1(OC(=O)CCCON(O)O)C(=O)COC(=O)OCCCCON(O)O. The van der Waals surface area contributed by atoms with Crippen LogP contribution in [0.25, 0.3) is 0 Å². The number of carbonyl (C=O) groups excluding carboxylic acids is 4. The number of allylic oxidation sites excluding steroid dienone is 4. The van der Waals surface area contributed by atoms with Crippen LogP contribution in [0.15, 0.2) is 23.8 Å². The highest BCUT2D eigenvalue weighted by atomic mass is 19.1. The van der Waals surface area contributed by atoms with Crippen molar-refractivity contribution in [1.82, 2.24) is 10.8 Å². The maximum Gasteiger partial charge on any atom is 0.508 e. The standard InChI is InChI=1S/C31H45FN2O14/c1-19-15-23-22-9-8-20-16-21(35)10-11-28(20,2)30(22,32)24(36)17-29(23,3)31(19,48-26(38)7-6-14-47-34(42)43)25(37)18-45-27(39)44-12-4-5-13-46-33(40)41/h10-11,16,19,22-24,36,40-43H,4-9,12-15,17-18H2,1-3H3/t19-,22?,23?,24-,28-,29-,30-,31-/m0/s1. The normalized spacial score (nSPS) is 35.5. The molecule has 5 N–H and O–H groups in total. The lowest BCUT2D eigenvalue weighted by atomic mass is 9.44. The van der Waals surface area contributed by atoms with Gasteiger partial charge in [-0.25, -0.2) is 9.18 Å². The Hall–Kier alpha value is -2.87. The summed E-state index contributed by atoms with van der Waals surface area (Å²) >= 11 is 0. The second-order valence-electron chi connectivity index (χ2n) is 13.4. The molecule has 4 rings (SSSR count). The topological polar surface area (TPSA) is 222 Å². The van der Waals surface area contributed by atoms with Crippen LogP contribution in [0.4, 0.5) is 9.18 Å². The molecule has 0 aromatic rings. The predicted molar refractivity (Wildman–Crippen MR) is 155 cm³/mol. The largest absolute Gasteiger partial charge is 0.508 e. The second-order valence-corrected chi connectivity index (χ2v) is 13.4. The number of aliphatic hydroxyl groups is 1. The van der Waals surface area contributed by atoms with Crippen LogP contribution in [-0.2, 0) is 38.3 Å². The number of aliphatic hydroxyl groups excluding tert-OH is 1. The Balaban J connectivity index is 1.58. The summed E-state index contributed by atoms with van der Waals surface area (Å²) in [5, 5.41) is 45.4. The summed E-state index contributed by atoms with van der Waals surface area (Å²) in [6.45, 7) is 3.71. The lowest BCUT2D eigenvalue weighted by molar-refractivity contribution is -0.492. The zero-order valence-corrected chi connectivity index (χ0v) is 27.2. The number of hydrogen-bond acceptors (Lipinski definition) is 16. The third-order valence-corrected chi connectivity index (χ3v) is 10.9. The fourth-order valence-electron chi connectivity index (χ4n) is 8.77. The van der Waals surface area contributed by atoms with E-state index in [-0.39, 0.29) is 64.1 Å². The zero-order valence-electron chi connectivity index (χ0n) is 27.2. The molecular weight excluding hydrogens is 643 g/mol. The monoisotopic (exact) mass is 688 g/mol. The van der Waals surface area contributed by atoms with Crippen molar-refractivity contribution < 1.29 is 73.4 Å². The number of Topliss-reactive ketones (excluding diaryl/α,β-unsaturated/α-hetero) is 1. The van der Waals surface area contributed by atoms with E-state index in [2.05, 4.69) is 9.68 Å². The predicted octanol–water partition coefficient (Wildman–Crippen LogP) is 3.19. The number of alkyl halides is 1. The van der Waals surface area contributed by atoms with Crippen LogP contribution < -0.4 is 0 Å². The number of hydrogen-bond donors (Lipinski definition) is 5. The molecule has 3 fully saturated rings. The molecule has 0 amide bonds. The molecule has 0 bridgehead atoms. The van der Waals surface area contributed by atoms with Gasteiger partial charge >= 0.3 is 12.1 Å². The molecular formula is C31H45FN2O14. The number of carbonyl (C=O) groups is 4. The fourth-order valence-corrected chi connectivity index (χ4v) is 8.77. The van der Waals surface area contributed by atoms with Crippen molar-refractivity contribution in [3.05, 3.63) is 23.8 Å². The summed E-state index contributed by atoms with van der Waals surface area (Å²) < 4.78 is 33.8. The molecule has 16 nitrogen and oxygen atoms in total. The Morgan fingerprint density at radius 3 is 2.29 bits per heavy atom. The number of rotatable bonds is 15. The highest BCUT2D eigenvalue weighted by Crippen LogP contribution is 2.71. The van der Waals surface area contributed by atoms with E-state index in [0.29, 0.717) is 18.4 Å². The van der Waals surface area contributed by atoms with E-state index in [4.69, 9.17) is 35.0 Å². The number of ether oxygens (including phenoxy) is 3. The smallest absolute Gasteiger partial charge is 0.450 e. The zero-order chi connectivity index (χ0) is 35.5. The molecule has 8 atom stereocenters. The molecule has 0 spiro atoms. The Morgan fingerprint density at radius 1 is 0.979 bits per heavy atom. The molecule has 4 aliphatic carbocycles. The van der Waals surface area contributed by atoms with Gasteiger partial charge < -0.3 is 19.3 Å². The van der Waals surface area contributed by atoms with Crippen LogP contribution in [0.5, 0.6) is 0 Å². The summed E-state index contributed by atoms with van der Waals surface area (Å²) in [4.78, 5) is 61.0. The Labute approximate surface area is 276 Å². The fraction of sp³-hybridized carbons (Fsp3) is 0.742. The van der Waals surface area contributed by atoms with E-state index in [1.165, 1.54) is 18.2 Å². The molecule has 0 radical (unpaired) electrons. The van der Waals surface area contributed by atoms with Crippen molar-refractivity contribution in [2.45, 2.75) is 89.5 Å². The van der Waals surface area contributed by atoms with Gasteiger partial charge in [-0.15, -0.1) is 0 Å². The van der Waals surface area contributed by atoms with Crippen LogP contribution in [0.2, 0.25) is 0 Å². The third-order valence-electron chi connectivity index (χ3n) is 10.9. The van der Waals surface area contributed by atoms with Gasteiger partial charge in [0.1, 0.15) is 0 Å². The minimum absolute atomic E-state index is 0.0187. The number of halogens is 1. The Kier molecular flexibility index (Phi) is 11.8. The molecule has 2 unspecified atom stereocenters. The highest BCUT2D eigenvalue weighted by Gasteiger charge is 2.77. The first-order chi connectivity index (χ1) is 22.5. The average Bonchev–Trinajstić information content (AvgIpc) is 3.22. The van der Waals surface area contributed by atoms with Gasteiger partial charge in [-0.1, -0.05) is 25.5 Å². The summed E-state index contributed by atoms with van der Waals surface area (Å²) in [6, 6.07) is 0. The first-order valence-corrected chi connectivity index (χ1v) is 16.0. The third kappa shape index (κ3) is 6.93. The summed E-state index contributed by atoms with van der Waals surface area (Å²) in [5.41, 5.74) is -6.15. The van der Waals surface area contributed by atoms with Crippen LogP contribution in [0, 0.1) is 28.6 Å². The lowest BCUT2D eigenvalue weighted by Gasteiger charge is -2.62. The summed E-state index contributed by atoms with van der Waals surface area (Å²) in [7, 11) is 0. The van der Waals surface area contributed by atoms with Crippen LogP contribution >= 0.6 is 0 Å². The van der Waals surface area contributed by atoms with E-state index in [1.807, 2.05) is 0 Å². The molecule has 0 saturated heterocycles.